The molecule has 28 heavy (non-hydrogen) atoms. The van der Waals surface area contributed by atoms with Gasteiger partial charge >= 0.3 is 5.84 Å². The van der Waals surface area contributed by atoms with Crippen molar-refractivity contribution in [3.8, 4) is 0 Å². The Morgan fingerprint density at radius 1 is 1.25 bits per heavy atom. The number of nitrogens with zero attached hydrogens (tertiary/aromatic N) is 2. The zero-order chi connectivity index (χ0) is 21.0. The second-order valence-electron chi connectivity index (χ2n) is 7.17. The van der Waals surface area contributed by atoms with Crippen LogP contribution in [0.2, 0.25) is 0 Å². The molecule has 8 nitrogen and oxygen atoms in total. The Bertz CT molecular complexity index is 645. The van der Waals surface area contributed by atoms with Crippen LogP contribution in [0.1, 0.15) is 51.9 Å². The van der Waals surface area contributed by atoms with Gasteiger partial charge in [0.2, 0.25) is 5.78 Å². The first-order valence-electron chi connectivity index (χ1n) is 10.1. The second-order valence-corrected chi connectivity index (χ2v) is 8.66. The number of hydrogen-bond acceptors (Lipinski definition) is 6. The molecule has 0 saturated heterocycles. The van der Waals surface area contributed by atoms with Gasteiger partial charge in [-0.1, -0.05) is 31.9 Å². The van der Waals surface area contributed by atoms with Gasteiger partial charge in [0, 0.05) is 6.42 Å². The van der Waals surface area contributed by atoms with Gasteiger partial charge in [-0.05, 0) is 25.7 Å². The van der Waals surface area contributed by atoms with Gasteiger partial charge in [-0.15, -0.1) is 0 Å². The van der Waals surface area contributed by atoms with Gasteiger partial charge in [0.15, 0.2) is 0 Å². The highest BCUT2D eigenvalue weighted by Crippen LogP contribution is 2.09. The predicted octanol–water partition coefficient (Wildman–Crippen LogP) is 0.830. The number of allylic oxidation sites excluding steroid dienone is 2. The van der Waals surface area contributed by atoms with Crippen molar-refractivity contribution < 1.29 is 32.6 Å². The molecule has 9 heteroatoms. The van der Waals surface area contributed by atoms with Crippen LogP contribution in [0.15, 0.2) is 12.2 Å². The zero-order valence-electron chi connectivity index (χ0n) is 16.8. The van der Waals surface area contributed by atoms with E-state index in [4.69, 9.17) is 4.55 Å². The smallest absolute Gasteiger partial charge is 0.316 e. The number of rotatable bonds is 15. The third kappa shape index (κ3) is 9.77. The molecular weight excluding hydrogens is 384 g/mol. The molecule has 0 aromatic heterocycles. The Kier molecular flexibility index (Phi) is 11.5. The molecular formula is C19H35N2O6S+. The third-order valence-corrected chi connectivity index (χ3v) is 5.41. The van der Waals surface area contributed by atoms with Gasteiger partial charge in [0.1, 0.15) is 38.0 Å². The molecule has 0 radical (unpaired) electrons. The van der Waals surface area contributed by atoms with Gasteiger partial charge in [0.25, 0.3) is 10.1 Å². The van der Waals surface area contributed by atoms with Gasteiger partial charge in [-0.2, -0.15) is 8.42 Å². The average Bonchev–Trinajstić information content (AvgIpc) is 2.98. The van der Waals surface area contributed by atoms with Crippen molar-refractivity contribution >= 4 is 21.7 Å². The van der Waals surface area contributed by atoms with Crippen LogP contribution in [0.25, 0.3) is 0 Å². The van der Waals surface area contributed by atoms with Crippen LogP contribution < -0.4 is 0 Å². The standard InChI is InChI=1S/C19H34N2O6S/c1-2-3-4-5-6-7-8-9-10-18(24)19-20(13-14-22)11-12-21(19)15-17(23)16-28(25,26)27/h6-7,17,22-23H,2-5,8-16H2,1H3/p+1/b7-6+. The van der Waals surface area contributed by atoms with Crippen LogP contribution in [0, 0.1) is 0 Å². The molecule has 0 aromatic carbocycles. The highest BCUT2D eigenvalue weighted by Gasteiger charge is 2.36. The highest BCUT2D eigenvalue weighted by molar-refractivity contribution is 7.85. The Labute approximate surface area is 168 Å². The monoisotopic (exact) mass is 419 g/mol. The van der Waals surface area contributed by atoms with Crippen molar-refractivity contribution in [3.63, 3.8) is 0 Å². The summed E-state index contributed by atoms with van der Waals surface area (Å²) in [7, 11) is -4.29. The maximum absolute atomic E-state index is 12.7. The minimum atomic E-state index is -4.29. The molecule has 1 heterocycles. The Balaban J connectivity index is 2.63. The van der Waals surface area contributed by atoms with E-state index in [1.54, 1.807) is 9.48 Å². The summed E-state index contributed by atoms with van der Waals surface area (Å²) in [5.41, 5.74) is 0. The third-order valence-electron chi connectivity index (χ3n) is 4.61. The van der Waals surface area contributed by atoms with Gasteiger partial charge in [-0.3, -0.25) is 18.8 Å². The lowest BCUT2D eigenvalue weighted by atomic mass is 10.1. The number of carbonyl (C=O) groups is 1. The normalized spacial score (nSPS) is 16.4. The molecule has 1 atom stereocenters. The van der Waals surface area contributed by atoms with Crippen LogP contribution in [0.4, 0.5) is 0 Å². The topological polar surface area (TPSA) is 118 Å². The fraction of sp³-hybridized carbons (Fsp3) is 0.789. The molecule has 0 saturated carbocycles. The molecule has 162 valence electrons. The van der Waals surface area contributed by atoms with Crippen LogP contribution >= 0.6 is 0 Å². The van der Waals surface area contributed by atoms with Crippen molar-refractivity contribution in [1.82, 2.24) is 4.90 Å². The number of unbranched alkanes of at least 4 members (excludes halogenated alkanes) is 4. The maximum Gasteiger partial charge on any atom is 0.316 e. The van der Waals surface area contributed by atoms with Gasteiger partial charge in [0.05, 0.1) is 6.61 Å². The predicted molar refractivity (Wildman–Crippen MR) is 108 cm³/mol. The van der Waals surface area contributed by atoms with Crippen molar-refractivity contribution in [1.29, 1.82) is 0 Å². The van der Waals surface area contributed by atoms with E-state index in [0.29, 0.717) is 38.3 Å². The lowest BCUT2D eigenvalue weighted by Gasteiger charge is -2.12. The molecule has 1 rings (SSSR count). The molecule has 0 aliphatic carbocycles. The number of ketones is 1. The van der Waals surface area contributed by atoms with E-state index in [-0.39, 0.29) is 18.9 Å². The summed E-state index contributed by atoms with van der Waals surface area (Å²) in [6.07, 6.45) is 9.49. The zero-order valence-corrected chi connectivity index (χ0v) is 17.6. The number of Topliss-reactive ketones (excluding diaryl/α,β-unsaturated/α-hetero) is 1. The SMILES string of the molecule is CCCCC/C=C/CCCC(=O)C1=[N+](CC(O)CS(=O)(=O)O)CCN1CCO. The summed E-state index contributed by atoms with van der Waals surface area (Å²) in [5.74, 6) is -0.437. The van der Waals surface area contributed by atoms with E-state index >= 15 is 0 Å². The fourth-order valence-corrected chi connectivity index (χ4v) is 3.90. The number of aliphatic hydroxyl groups excluding tert-OH is 2. The Morgan fingerprint density at radius 3 is 2.54 bits per heavy atom. The van der Waals surface area contributed by atoms with E-state index in [1.807, 2.05) is 0 Å². The fourth-order valence-electron chi connectivity index (χ4n) is 3.31. The lowest BCUT2D eigenvalue weighted by molar-refractivity contribution is -0.525. The number of carbonyl (C=O) groups excluding carboxylic acids is 1. The second kappa shape index (κ2) is 13.0. The first kappa shape index (κ1) is 24.7. The van der Waals surface area contributed by atoms with Gasteiger partial charge < -0.3 is 10.2 Å². The van der Waals surface area contributed by atoms with E-state index in [2.05, 4.69) is 19.1 Å². The molecule has 3 N–H and O–H groups in total. The molecule has 1 aliphatic heterocycles. The van der Waals surface area contributed by atoms with Crippen molar-refractivity contribution in [3.05, 3.63) is 12.2 Å². The van der Waals surface area contributed by atoms with Crippen LogP contribution in [0.5, 0.6) is 0 Å². The molecule has 0 fully saturated rings. The largest absolute Gasteiger partial charge is 0.392 e. The van der Waals surface area contributed by atoms with Crippen LogP contribution in [0.3, 0.4) is 0 Å². The quantitative estimate of drug-likeness (QED) is 0.156. The van der Waals surface area contributed by atoms with Crippen LogP contribution in [-0.4, -0.2) is 88.9 Å². The summed E-state index contributed by atoms with van der Waals surface area (Å²) in [5, 5.41) is 19.1. The average molecular weight is 420 g/mol. The number of β-amino-alcohol motifs (C(OH)–C–C–N with tert-alkyl or cyclic N) is 2. The summed E-state index contributed by atoms with van der Waals surface area (Å²) in [6.45, 7) is 3.31. The minimum Gasteiger partial charge on any atom is -0.392 e. The molecule has 0 amide bonds. The molecule has 0 spiro atoms. The summed E-state index contributed by atoms with van der Waals surface area (Å²) in [6, 6.07) is 0. The summed E-state index contributed by atoms with van der Waals surface area (Å²) < 4.78 is 32.4. The lowest BCUT2D eigenvalue weighted by Crippen LogP contribution is -2.40. The Morgan fingerprint density at radius 2 is 1.93 bits per heavy atom. The molecule has 1 unspecified atom stereocenters. The minimum absolute atomic E-state index is 0.0554. The first-order chi connectivity index (χ1) is 13.3. The number of amidine groups is 1. The highest BCUT2D eigenvalue weighted by atomic mass is 32.2. The van der Waals surface area contributed by atoms with Gasteiger partial charge in [-0.25, -0.2) is 0 Å². The van der Waals surface area contributed by atoms with E-state index in [1.165, 1.54) is 19.3 Å². The molecule has 1 aliphatic rings. The first-order valence-corrected chi connectivity index (χ1v) is 11.7. The molecule has 0 aromatic rings. The summed E-state index contributed by atoms with van der Waals surface area (Å²) >= 11 is 0. The van der Waals surface area contributed by atoms with E-state index in [9.17, 15) is 23.4 Å². The Hall–Kier alpha value is -1.29. The van der Waals surface area contributed by atoms with E-state index in [0.717, 1.165) is 12.8 Å². The van der Waals surface area contributed by atoms with E-state index < -0.39 is 22.0 Å². The van der Waals surface area contributed by atoms with Crippen molar-refractivity contribution in [2.24, 2.45) is 0 Å². The molecule has 0 bridgehead atoms. The number of aliphatic hydroxyl groups is 2. The number of hydrogen-bond donors (Lipinski definition) is 3. The van der Waals surface area contributed by atoms with Crippen molar-refractivity contribution in [2.75, 3.05) is 38.5 Å². The summed E-state index contributed by atoms with van der Waals surface area (Å²) in [4.78, 5) is 14.5. The maximum atomic E-state index is 12.7. The van der Waals surface area contributed by atoms with Crippen molar-refractivity contribution in [2.45, 2.75) is 58.0 Å². The van der Waals surface area contributed by atoms with Crippen LogP contribution in [-0.2, 0) is 14.9 Å².